The van der Waals surface area contributed by atoms with Gasteiger partial charge in [-0.05, 0) is 42.9 Å². The van der Waals surface area contributed by atoms with Crippen LogP contribution in [0.1, 0.15) is 56.6 Å². The average Bonchev–Trinajstić information content (AvgIpc) is 3.59. The maximum Gasteiger partial charge on any atom is 0.308 e. The highest BCUT2D eigenvalue weighted by Crippen LogP contribution is 2.41. The minimum Gasteiger partial charge on any atom is -0.493 e. The van der Waals surface area contributed by atoms with Crippen molar-refractivity contribution in [1.82, 2.24) is 9.96 Å². The standard InChI is InChI=1S/C26H38N2O7/c1-3-10-28(35-11-4-2)23(29)17-27-16-20(18-5-7-22-19(15-18)9-12-32-22)25(26(30)31)21(27)6-8-24-33-13-14-34-24/h5,7,15,20-21,24-25H,3-4,6,8-14,16-17H2,1-2H3,(H,30,31)/t20-,21+,25-/m1/s1. The van der Waals surface area contributed by atoms with Crippen molar-refractivity contribution in [1.29, 1.82) is 0 Å². The van der Waals surface area contributed by atoms with Crippen molar-refractivity contribution in [2.45, 2.75) is 64.2 Å². The van der Waals surface area contributed by atoms with Gasteiger partial charge in [-0.3, -0.25) is 19.3 Å². The number of hydroxylamine groups is 2. The first-order chi connectivity index (χ1) is 17.0. The zero-order valence-electron chi connectivity index (χ0n) is 20.8. The lowest BCUT2D eigenvalue weighted by Crippen LogP contribution is -2.44. The summed E-state index contributed by atoms with van der Waals surface area (Å²) in [4.78, 5) is 33.6. The van der Waals surface area contributed by atoms with E-state index in [4.69, 9.17) is 19.0 Å². The summed E-state index contributed by atoms with van der Waals surface area (Å²) in [5.41, 5.74) is 2.11. The predicted octanol–water partition coefficient (Wildman–Crippen LogP) is 2.82. The maximum absolute atomic E-state index is 13.2. The zero-order valence-corrected chi connectivity index (χ0v) is 20.8. The van der Waals surface area contributed by atoms with Crippen LogP contribution in [0.25, 0.3) is 0 Å². The summed E-state index contributed by atoms with van der Waals surface area (Å²) in [6, 6.07) is 5.70. The number of nitrogens with zero attached hydrogens (tertiary/aromatic N) is 2. The highest BCUT2D eigenvalue weighted by Gasteiger charge is 2.47. The molecule has 0 aromatic heterocycles. The number of ether oxygens (including phenoxy) is 3. The lowest BCUT2D eigenvalue weighted by molar-refractivity contribution is -0.188. The van der Waals surface area contributed by atoms with Crippen molar-refractivity contribution in [2.24, 2.45) is 5.92 Å². The first-order valence-electron chi connectivity index (χ1n) is 12.9. The lowest BCUT2D eigenvalue weighted by atomic mass is 9.83. The lowest BCUT2D eigenvalue weighted by Gasteiger charge is -2.29. The number of aliphatic carboxylic acids is 1. The van der Waals surface area contributed by atoms with Crippen molar-refractivity contribution in [3.05, 3.63) is 29.3 Å². The molecule has 0 unspecified atom stereocenters. The number of fused-ring (bicyclic) bond motifs is 1. The van der Waals surface area contributed by atoms with E-state index in [-0.39, 0.29) is 30.7 Å². The van der Waals surface area contributed by atoms with Gasteiger partial charge in [0.25, 0.3) is 5.91 Å². The molecule has 9 nitrogen and oxygen atoms in total. The number of hydrogen-bond acceptors (Lipinski definition) is 7. The molecule has 2 saturated heterocycles. The van der Waals surface area contributed by atoms with Gasteiger partial charge in [0.05, 0.1) is 38.9 Å². The van der Waals surface area contributed by atoms with Gasteiger partial charge in [0.2, 0.25) is 0 Å². The molecule has 0 bridgehead atoms. The van der Waals surface area contributed by atoms with Crippen LogP contribution in [-0.2, 0) is 30.3 Å². The largest absolute Gasteiger partial charge is 0.493 e. The van der Waals surface area contributed by atoms with E-state index in [1.54, 1.807) is 0 Å². The SMILES string of the molecule is CCCON(CCC)C(=O)CN1C[C@H](c2ccc3c(c2)CCO3)[C@@H](C(=O)O)[C@@H]1CCC1OCCO1. The average molecular weight is 491 g/mol. The van der Waals surface area contributed by atoms with Crippen molar-refractivity contribution in [3.63, 3.8) is 0 Å². The molecular weight excluding hydrogens is 452 g/mol. The second-order valence-corrected chi connectivity index (χ2v) is 9.51. The molecule has 1 N–H and O–H groups in total. The molecule has 3 aliphatic rings. The molecule has 3 atom stereocenters. The minimum atomic E-state index is -0.840. The fraction of sp³-hybridized carbons (Fsp3) is 0.692. The van der Waals surface area contributed by atoms with E-state index in [1.165, 1.54) is 5.06 Å². The number of hydrogen-bond donors (Lipinski definition) is 1. The Hall–Kier alpha value is -2.20. The Bertz CT molecular complexity index is 873. The van der Waals surface area contributed by atoms with Crippen LogP contribution in [0, 0.1) is 5.92 Å². The fourth-order valence-electron chi connectivity index (χ4n) is 5.43. The third-order valence-electron chi connectivity index (χ3n) is 7.06. The molecule has 1 aromatic rings. The summed E-state index contributed by atoms with van der Waals surface area (Å²) < 4.78 is 16.9. The Balaban J connectivity index is 1.56. The molecule has 0 aliphatic carbocycles. The van der Waals surface area contributed by atoms with Gasteiger partial charge in [-0.1, -0.05) is 26.0 Å². The molecule has 1 amide bonds. The zero-order chi connectivity index (χ0) is 24.8. The first kappa shape index (κ1) is 25.9. The van der Waals surface area contributed by atoms with Crippen LogP contribution in [0.5, 0.6) is 5.75 Å². The van der Waals surface area contributed by atoms with Gasteiger partial charge in [-0.2, -0.15) is 0 Å². The molecule has 3 aliphatic heterocycles. The number of likely N-dealkylation sites (tertiary alicyclic amines) is 1. The summed E-state index contributed by atoms with van der Waals surface area (Å²) in [5, 5.41) is 11.8. The number of carbonyl (C=O) groups excluding carboxylic acids is 1. The Morgan fingerprint density at radius 1 is 1.14 bits per heavy atom. The Labute approximate surface area is 207 Å². The highest BCUT2D eigenvalue weighted by atomic mass is 16.7. The van der Waals surface area contributed by atoms with Crippen LogP contribution in [0.2, 0.25) is 0 Å². The first-order valence-corrected chi connectivity index (χ1v) is 12.9. The Morgan fingerprint density at radius 3 is 2.66 bits per heavy atom. The normalized spacial score (nSPS) is 24.5. The molecule has 2 fully saturated rings. The molecule has 0 spiro atoms. The van der Waals surface area contributed by atoms with Gasteiger partial charge in [0.1, 0.15) is 5.75 Å². The molecule has 0 saturated carbocycles. The van der Waals surface area contributed by atoms with Crippen LogP contribution >= 0.6 is 0 Å². The number of carboxylic acid groups (broad SMARTS) is 1. The number of rotatable bonds is 12. The minimum absolute atomic E-state index is 0.120. The second-order valence-electron chi connectivity index (χ2n) is 9.51. The van der Waals surface area contributed by atoms with Gasteiger partial charge < -0.3 is 19.3 Å². The van der Waals surface area contributed by atoms with Crippen LogP contribution in [-0.4, -0.2) is 85.3 Å². The molecule has 1 aromatic carbocycles. The summed E-state index contributed by atoms with van der Waals surface area (Å²) in [5.74, 6) is -0.960. The molecule has 194 valence electrons. The summed E-state index contributed by atoms with van der Waals surface area (Å²) >= 11 is 0. The Kier molecular flexibility index (Phi) is 8.99. The Morgan fingerprint density at radius 2 is 1.94 bits per heavy atom. The quantitative estimate of drug-likeness (QED) is 0.447. The van der Waals surface area contributed by atoms with E-state index in [0.29, 0.717) is 52.4 Å². The van der Waals surface area contributed by atoms with Crippen molar-refractivity contribution in [2.75, 3.05) is 46.1 Å². The number of benzene rings is 1. The van der Waals surface area contributed by atoms with E-state index >= 15 is 0 Å². The summed E-state index contributed by atoms with van der Waals surface area (Å²) in [7, 11) is 0. The molecular formula is C26H38N2O7. The third kappa shape index (κ3) is 6.14. The van der Waals surface area contributed by atoms with E-state index < -0.39 is 11.9 Å². The van der Waals surface area contributed by atoms with Crippen molar-refractivity contribution >= 4 is 11.9 Å². The molecule has 35 heavy (non-hydrogen) atoms. The van der Waals surface area contributed by atoms with E-state index in [1.807, 2.05) is 30.9 Å². The van der Waals surface area contributed by atoms with Crippen molar-refractivity contribution < 1.29 is 33.7 Å². The second kappa shape index (κ2) is 12.2. The van der Waals surface area contributed by atoms with E-state index in [2.05, 4.69) is 6.07 Å². The summed E-state index contributed by atoms with van der Waals surface area (Å²) in [6.45, 7) is 7.37. The number of carbonyl (C=O) groups is 2. The topological polar surface area (TPSA) is 97.8 Å². The monoisotopic (exact) mass is 490 g/mol. The van der Waals surface area contributed by atoms with Crippen LogP contribution in [0.3, 0.4) is 0 Å². The van der Waals surface area contributed by atoms with Crippen LogP contribution < -0.4 is 4.74 Å². The number of amides is 1. The van der Waals surface area contributed by atoms with Crippen molar-refractivity contribution in [3.8, 4) is 5.75 Å². The van der Waals surface area contributed by atoms with Gasteiger partial charge in [-0.15, -0.1) is 0 Å². The maximum atomic E-state index is 13.2. The number of carboxylic acids is 1. The van der Waals surface area contributed by atoms with E-state index in [0.717, 1.165) is 36.1 Å². The van der Waals surface area contributed by atoms with Gasteiger partial charge in [0.15, 0.2) is 6.29 Å². The van der Waals surface area contributed by atoms with Gasteiger partial charge >= 0.3 is 5.97 Å². The van der Waals surface area contributed by atoms with E-state index in [9.17, 15) is 14.7 Å². The summed E-state index contributed by atoms with van der Waals surface area (Å²) in [6.07, 6.45) is 3.27. The molecule has 4 rings (SSSR count). The van der Waals surface area contributed by atoms with Crippen LogP contribution in [0.4, 0.5) is 0 Å². The smallest absolute Gasteiger partial charge is 0.308 e. The fourth-order valence-corrected chi connectivity index (χ4v) is 5.43. The van der Waals surface area contributed by atoms with Gasteiger partial charge in [0, 0.05) is 31.5 Å². The predicted molar refractivity (Wildman–Crippen MR) is 128 cm³/mol. The third-order valence-corrected chi connectivity index (χ3v) is 7.06. The molecule has 0 radical (unpaired) electrons. The molecule has 9 heteroatoms. The highest BCUT2D eigenvalue weighted by molar-refractivity contribution is 5.78. The van der Waals surface area contributed by atoms with Gasteiger partial charge in [-0.25, -0.2) is 5.06 Å². The van der Waals surface area contributed by atoms with Crippen LogP contribution in [0.15, 0.2) is 18.2 Å². The molecule has 3 heterocycles.